The van der Waals surface area contributed by atoms with Gasteiger partial charge >= 0.3 is 6.03 Å². The van der Waals surface area contributed by atoms with Crippen molar-refractivity contribution in [1.29, 1.82) is 0 Å². The van der Waals surface area contributed by atoms with E-state index in [9.17, 15) is 4.79 Å². The first-order valence-electron chi connectivity index (χ1n) is 10.6. The SMILES string of the molecule is COc1ccc(-c2cc(N3CCN(C(=O)Nc4ccc(OC)cc4OC)CC3)ncn2)cc1. The molecule has 4 rings (SSSR count). The standard InChI is InChI=1S/C24H27N5O4/c1-31-18-6-4-17(5-7-18)21-15-23(26-16-25-21)28-10-12-29(13-11-28)24(30)27-20-9-8-19(32-2)14-22(20)33-3/h4-9,14-16H,10-13H2,1-3H3,(H,27,30). The van der Waals surface area contributed by atoms with Gasteiger partial charge in [0.05, 0.1) is 32.7 Å². The van der Waals surface area contributed by atoms with Crippen LogP contribution in [0.4, 0.5) is 16.3 Å². The third-order valence-electron chi connectivity index (χ3n) is 5.58. The van der Waals surface area contributed by atoms with E-state index in [4.69, 9.17) is 14.2 Å². The van der Waals surface area contributed by atoms with Crippen molar-refractivity contribution in [3.8, 4) is 28.5 Å². The molecule has 0 unspecified atom stereocenters. The van der Waals surface area contributed by atoms with Crippen molar-refractivity contribution in [2.75, 3.05) is 57.7 Å². The summed E-state index contributed by atoms with van der Waals surface area (Å²) in [6, 6.07) is 14.9. The summed E-state index contributed by atoms with van der Waals surface area (Å²) in [4.78, 5) is 25.6. The number of benzene rings is 2. The van der Waals surface area contributed by atoms with E-state index >= 15 is 0 Å². The van der Waals surface area contributed by atoms with Crippen LogP contribution in [0.15, 0.2) is 54.9 Å². The lowest BCUT2D eigenvalue weighted by Crippen LogP contribution is -2.50. The van der Waals surface area contributed by atoms with Crippen LogP contribution in [0.5, 0.6) is 17.2 Å². The van der Waals surface area contributed by atoms with Crippen molar-refractivity contribution < 1.29 is 19.0 Å². The van der Waals surface area contributed by atoms with Gasteiger partial charge in [-0.15, -0.1) is 0 Å². The molecule has 1 saturated heterocycles. The number of hydrogen-bond acceptors (Lipinski definition) is 7. The van der Waals surface area contributed by atoms with Gasteiger partial charge in [-0.2, -0.15) is 0 Å². The molecule has 1 aromatic heterocycles. The zero-order chi connectivity index (χ0) is 23.2. The largest absolute Gasteiger partial charge is 0.497 e. The van der Waals surface area contributed by atoms with Crippen LogP contribution in [-0.2, 0) is 0 Å². The Hall–Kier alpha value is -4.01. The molecule has 0 radical (unpaired) electrons. The highest BCUT2D eigenvalue weighted by atomic mass is 16.5. The Kier molecular flexibility index (Phi) is 6.77. The molecule has 2 amide bonds. The number of ether oxygens (including phenoxy) is 3. The number of amides is 2. The third-order valence-corrected chi connectivity index (χ3v) is 5.58. The molecule has 2 heterocycles. The van der Waals surface area contributed by atoms with Crippen molar-refractivity contribution in [3.05, 3.63) is 54.9 Å². The number of urea groups is 1. The summed E-state index contributed by atoms with van der Waals surface area (Å²) in [6.07, 6.45) is 1.57. The monoisotopic (exact) mass is 449 g/mol. The average Bonchev–Trinajstić information content (AvgIpc) is 2.89. The molecular weight excluding hydrogens is 422 g/mol. The number of aromatic nitrogens is 2. The molecule has 1 aliphatic rings. The smallest absolute Gasteiger partial charge is 0.322 e. The number of carbonyl (C=O) groups is 1. The maximum atomic E-state index is 12.8. The third kappa shape index (κ3) is 5.08. The van der Waals surface area contributed by atoms with Crippen molar-refractivity contribution in [2.45, 2.75) is 0 Å². The number of nitrogens with zero attached hydrogens (tertiary/aromatic N) is 4. The first kappa shape index (κ1) is 22.2. The lowest BCUT2D eigenvalue weighted by molar-refractivity contribution is 0.208. The molecular formula is C24H27N5O4. The highest BCUT2D eigenvalue weighted by Crippen LogP contribution is 2.29. The number of carbonyl (C=O) groups excluding carboxylic acids is 1. The van der Waals surface area contributed by atoms with Crippen LogP contribution in [-0.4, -0.2) is 68.4 Å². The van der Waals surface area contributed by atoms with Crippen molar-refractivity contribution in [3.63, 3.8) is 0 Å². The Morgan fingerprint density at radius 1 is 0.848 bits per heavy atom. The summed E-state index contributed by atoms with van der Waals surface area (Å²) < 4.78 is 15.8. The van der Waals surface area contributed by atoms with Gasteiger partial charge in [-0.3, -0.25) is 0 Å². The molecule has 3 aromatic rings. The lowest BCUT2D eigenvalue weighted by atomic mass is 10.1. The maximum Gasteiger partial charge on any atom is 0.322 e. The summed E-state index contributed by atoms with van der Waals surface area (Å²) in [5.74, 6) is 2.85. The molecule has 0 atom stereocenters. The number of methoxy groups -OCH3 is 3. The minimum Gasteiger partial charge on any atom is -0.497 e. The maximum absolute atomic E-state index is 12.8. The number of hydrogen-bond donors (Lipinski definition) is 1. The number of rotatable bonds is 6. The predicted octanol–water partition coefficient (Wildman–Crippen LogP) is 3.52. The number of anilines is 2. The van der Waals surface area contributed by atoms with Crippen molar-refractivity contribution >= 4 is 17.5 Å². The van der Waals surface area contributed by atoms with Gasteiger partial charge < -0.3 is 29.3 Å². The van der Waals surface area contributed by atoms with Gasteiger partial charge in [0.2, 0.25) is 0 Å². The second kappa shape index (κ2) is 10.1. The Morgan fingerprint density at radius 3 is 2.21 bits per heavy atom. The minimum atomic E-state index is -0.167. The van der Waals surface area contributed by atoms with Crippen LogP contribution < -0.4 is 24.4 Å². The Balaban J connectivity index is 1.38. The Bertz CT molecular complexity index is 1100. The van der Waals surface area contributed by atoms with Crippen molar-refractivity contribution in [1.82, 2.24) is 14.9 Å². The van der Waals surface area contributed by atoms with Crippen LogP contribution in [0.2, 0.25) is 0 Å². The second-order valence-corrected chi connectivity index (χ2v) is 7.46. The average molecular weight is 450 g/mol. The summed E-state index contributed by atoms with van der Waals surface area (Å²) in [7, 11) is 4.79. The van der Waals surface area contributed by atoms with E-state index in [-0.39, 0.29) is 6.03 Å². The predicted molar refractivity (Wildman–Crippen MR) is 126 cm³/mol. The van der Waals surface area contributed by atoms with E-state index in [1.165, 1.54) is 0 Å². The summed E-state index contributed by atoms with van der Waals surface area (Å²) >= 11 is 0. The number of piperazine rings is 1. The molecule has 0 spiro atoms. The zero-order valence-electron chi connectivity index (χ0n) is 18.9. The van der Waals surface area contributed by atoms with E-state index in [0.29, 0.717) is 43.4 Å². The Labute approximate surface area is 192 Å². The molecule has 1 aliphatic heterocycles. The quantitative estimate of drug-likeness (QED) is 0.616. The van der Waals surface area contributed by atoms with E-state index in [1.807, 2.05) is 30.3 Å². The molecule has 33 heavy (non-hydrogen) atoms. The van der Waals surface area contributed by atoms with E-state index < -0.39 is 0 Å². The molecule has 0 aliphatic carbocycles. The first-order valence-corrected chi connectivity index (χ1v) is 10.6. The zero-order valence-corrected chi connectivity index (χ0v) is 18.9. The first-order chi connectivity index (χ1) is 16.1. The van der Waals surface area contributed by atoms with Gasteiger partial charge in [0.1, 0.15) is 29.4 Å². The van der Waals surface area contributed by atoms with E-state index in [1.54, 1.807) is 50.8 Å². The topological polar surface area (TPSA) is 89.1 Å². The molecule has 9 nitrogen and oxygen atoms in total. The number of nitrogens with one attached hydrogen (secondary N) is 1. The molecule has 1 N–H and O–H groups in total. The molecule has 0 bridgehead atoms. The fourth-order valence-corrected chi connectivity index (χ4v) is 3.67. The van der Waals surface area contributed by atoms with Crippen LogP contribution in [0, 0.1) is 0 Å². The van der Waals surface area contributed by atoms with Gasteiger partial charge in [0.15, 0.2) is 0 Å². The van der Waals surface area contributed by atoms with Gasteiger partial charge in [0, 0.05) is 43.9 Å². The van der Waals surface area contributed by atoms with Crippen molar-refractivity contribution in [2.24, 2.45) is 0 Å². The van der Waals surface area contributed by atoms with E-state index in [0.717, 1.165) is 22.8 Å². The fraction of sp³-hybridized carbons (Fsp3) is 0.292. The van der Waals surface area contributed by atoms with Gasteiger partial charge in [0.25, 0.3) is 0 Å². The molecule has 2 aromatic carbocycles. The molecule has 0 saturated carbocycles. The molecule has 9 heteroatoms. The summed E-state index contributed by atoms with van der Waals surface area (Å²) in [5, 5.41) is 2.93. The van der Waals surface area contributed by atoms with E-state index in [2.05, 4.69) is 20.2 Å². The minimum absolute atomic E-state index is 0.167. The van der Waals surface area contributed by atoms with Crippen LogP contribution in [0.25, 0.3) is 11.3 Å². The lowest BCUT2D eigenvalue weighted by Gasteiger charge is -2.35. The van der Waals surface area contributed by atoms with Gasteiger partial charge in [-0.1, -0.05) is 0 Å². The van der Waals surface area contributed by atoms with Crippen LogP contribution >= 0.6 is 0 Å². The van der Waals surface area contributed by atoms with Gasteiger partial charge in [-0.25, -0.2) is 14.8 Å². The Morgan fingerprint density at radius 2 is 1.55 bits per heavy atom. The summed E-state index contributed by atoms with van der Waals surface area (Å²) in [5.41, 5.74) is 2.44. The second-order valence-electron chi connectivity index (χ2n) is 7.46. The molecule has 1 fully saturated rings. The molecule has 172 valence electrons. The fourth-order valence-electron chi connectivity index (χ4n) is 3.67. The summed E-state index contributed by atoms with van der Waals surface area (Å²) in [6.45, 7) is 2.50. The van der Waals surface area contributed by atoms with Gasteiger partial charge in [-0.05, 0) is 36.4 Å². The van der Waals surface area contributed by atoms with Crippen LogP contribution in [0.3, 0.4) is 0 Å². The highest BCUT2D eigenvalue weighted by Gasteiger charge is 2.23. The van der Waals surface area contributed by atoms with Crippen LogP contribution in [0.1, 0.15) is 0 Å². The highest BCUT2D eigenvalue weighted by molar-refractivity contribution is 5.91. The normalized spacial score (nSPS) is 13.4.